The molecular formula is C41H28N2O. The Labute approximate surface area is 255 Å². The van der Waals surface area contributed by atoms with Crippen LogP contribution in [-0.2, 0) is 5.41 Å². The van der Waals surface area contributed by atoms with Crippen LogP contribution in [0.5, 0.6) is 0 Å². The van der Waals surface area contributed by atoms with Gasteiger partial charge in [0.25, 0.3) is 0 Å². The van der Waals surface area contributed by atoms with Gasteiger partial charge in [0.2, 0.25) is 5.89 Å². The minimum absolute atomic E-state index is 0.0344. The number of aromatic nitrogens is 2. The van der Waals surface area contributed by atoms with Crippen molar-refractivity contribution in [2.24, 2.45) is 0 Å². The minimum Gasteiger partial charge on any atom is -0.436 e. The van der Waals surface area contributed by atoms with Crippen LogP contribution in [0.2, 0.25) is 0 Å². The van der Waals surface area contributed by atoms with Gasteiger partial charge in [-0.15, -0.1) is 0 Å². The number of hydrogen-bond donors (Lipinski definition) is 0. The topological polar surface area (TPSA) is 38.9 Å². The highest BCUT2D eigenvalue weighted by Crippen LogP contribution is 2.50. The Hall–Kier alpha value is -5.54. The number of fused-ring (bicyclic) bond motifs is 6. The predicted molar refractivity (Wildman–Crippen MR) is 181 cm³/mol. The fourth-order valence-electron chi connectivity index (χ4n) is 7.10. The molecule has 0 bridgehead atoms. The van der Waals surface area contributed by atoms with Gasteiger partial charge in [0.05, 0.1) is 5.52 Å². The van der Waals surface area contributed by atoms with E-state index in [2.05, 4.69) is 122 Å². The highest BCUT2D eigenvalue weighted by atomic mass is 16.3. The molecule has 1 aliphatic carbocycles. The molecule has 0 aliphatic heterocycles. The Bertz CT molecular complexity index is 2430. The fraction of sp³-hybridized carbons (Fsp3) is 0.0732. The van der Waals surface area contributed by atoms with E-state index in [1.54, 1.807) is 0 Å². The van der Waals surface area contributed by atoms with Gasteiger partial charge in [0, 0.05) is 22.6 Å². The molecule has 8 aromatic rings. The van der Waals surface area contributed by atoms with Gasteiger partial charge in [-0.1, -0.05) is 98.8 Å². The highest BCUT2D eigenvalue weighted by Gasteiger charge is 2.35. The van der Waals surface area contributed by atoms with Gasteiger partial charge in [-0.2, -0.15) is 0 Å². The summed E-state index contributed by atoms with van der Waals surface area (Å²) in [5.41, 5.74) is 13.8. The van der Waals surface area contributed by atoms with Crippen molar-refractivity contribution in [1.29, 1.82) is 0 Å². The first-order valence-electron chi connectivity index (χ1n) is 15.1. The number of pyridine rings is 1. The summed E-state index contributed by atoms with van der Waals surface area (Å²) >= 11 is 0. The summed E-state index contributed by atoms with van der Waals surface area (Å²) in [5, 5.41) is 3.53. The molecule has 2 heterocycles. The van der Waals surface area contributed by atoms with Gasteiger partial charge in [-0.3, -0.25) is 4.98 Å². The quantitative estimate of drug-likeness (QED) is 0.214. The van der Waals surface area contributed by atoms with Crippen molar-refractivity contribution in [1.82, 2.24) is 9.97 Å². The van der Waals surface area contributed by atoms with E-state index in [4.69, 9.17) is 9.40 Å². The van der Waals surface area contributed by atoms with Crippen LogP contribution in [0.25, 0.3) is 77.6 Å². The second-order valence-corrected chi connectivity index (χ2v) is 12.2. The molecule has 0 atom stereocenters. The van der Waals surface area contributed by atoms with Crippen molar-refractivity contribution >= 4 is 32.8 Å². The van der Waals surface area contributed by atoms with Gasteiger partial charge in [0.1, 0.15) is 5.52 Å². The molecule has 0 fully saturated rings. The van der Waals surface area contributed by atoms with Gasteiger partial charge in [0.15, 0.2) is 5.58 Å². The largest absolute Gasteiger partial charge is 0.436 e. The van der Waals surface area contributed by atoms with Crippen LogP contribution in [0.1, 0.15) is 25.0 Å². The first-order valence-corrected chi connectivity index (χ1v) is 15.1. The molecule has 0 unspecified atom stereocenters. The standard InChI is InChI=1S/C41H28N2O/c1-41(2)35-12-6-5-11-33(35)34-16-13-25(23-36(34)41)29-17-18-30(32-10-4-3-9-31(29)32)26-15-20-39-38(24-26)43-40(44-39)28-14-19-37-27(22-28)8-7-21-42-37/h3-24H,1-2H3. The number of nitrogens with zero attached hydrogens (tertiary/aromatic N) is 2. The molecule has 3 heteroatoms. The second kappa shape index (κ2) is 9.23. The van der Waals surface area contributed by atoms with E-state index >= 15 is 0 Å². The zero-order chi connectivity index (χ0) is 29.4. The highest BCUT2D eigenvalue weighted by molar-refractivity contribution is 6.06. The molecule has 0 saturated carbocycles. The Kier molecular flexibility index (Phi) is 5.24. The number of hydrogen-bond acceptors (Lipinski definition) is 3. The molecule has 6 aromatic carbocycles. The van der Waals surface area contributed by atoms with Crippen LogP contribution in [0, 0.1) is 0 Å². The summed E-state index contributed by atoms with van der Waals surface area (Å²) in [6, 6.07) is 45.5. The van der Waals surface area contributed by atoms with Gasteiger partial charge >= 0.3 is 0 Å². The van der Waals surface area contributed by atoms with Gasteiger partial charge in [-0.05, 0) is 97.7 Å². The molecule has 44 heavy (non-hydrogen) atoms. The van der Waals surface area contributed by atoms with Crippen molar-refractivity contribution in [2.75, 3.05) is 0 Å². The van der Waals surface area contributed by atoms with Gasteiger partial charge < -0.3 is 4.42 Å². The third kappa shape index (κ3) is 3.69. The molecule has 0 amide bonds. The Balaban J connectivity index is 1.14. The van der Waals surface area contributed by atoms with Crippen molar-refractivity contribution in [3.05, 3.63) is 145 Å². The summed E-state index contributed by atoms with van der Waals surface area (Å²) < 4.78 is 6.20. The summed E-state index contributed by atoms with van der Waals surface area (Å²) in [7, 11) is 0. The van der Waals surface area contributed by atoms with E-state index in [0.29, 0.717) is 5.89 Å². The zero-order valence-corrected chi connectivity index (χ0v) is 24.5. The number of oxazole rings is 1. The van der Waals surface area contributed by atoms with Gasteiger partial charge in [-0.25, -0.2) is 4.98 Å². The predicted octanol–water partition coefficient (Wildman–Crippen LogP) is 10.8. The van der Waals surface area contributed by atoms with Crippen molar-refractivity contribution < 1.29 is 4.42 Å². The third-order valence-corrected chi connectivity index (χ3v) is 9.37. The molecule has 0 N–H and O–H groups in total. The Morgan fingerprint density at radius 1 is 0.523 bits per heavy atom. The Morgan fingerprint density at radius 2 is 1.20 bits per heavy atom. The summed E-state index contributed by atoms with van der Waals surface area (Å²) in [4.78, 5) is 9.33. The maximum atomic E-state index is 6.20. The van der Waals surface area contributed by atoms with Crippen molar-refractivity contribution in [3.63, 3.8) is 0 Å². The minimum atomic E-state index is -0.0344. The number of rotatable bonds is 3. The molecule has 9 rings (SSSR count). The smallest absolute Gasteiger partial charge is 0.227 e. The average Bonchev–Trinajstić information content (AvgIpc) is 3.60. The van der Waals surface area contributed by atoms with Crippen LogP contribution < -0.4 is 0 Å². The van der Waals surface area contributed by atoms with Crippen molar-refractivity contribution in [3.8, 4) is 44.8 Å². The fourth-order valence-corrected chi connectivity index (χ4v) is 7.10. The van der Waals surface area contributed by atoms with Crippen LogP contribution in [0.4, 0.5) is 0 Å². The van der Waals surface area contributed by atoms with Crippen LogP contribution in [0.3, 0.4) is 0 Å². The first-order chi connectivity index (χ1) is 21.5. The molecule has 3 nitrogen and oxygen atoms in total. The molecule has 2 aromatic heterocycles. The second-order valence-electron chi connectivity index (χ2n) is 12.2. The first kappa shape index (κ1) is 25.0. The van der Waals surface area contributed by atoms with Crippen LogP contribution >= 0.6 is 0 Å². The summed E-state index contributed by atoms with van der Waals surface area (Å²) in [6.07, 6.45) is 1.81. The lowest BCUT2D eigenvalue weighted by Crippen LogP contribution is -2.14. The lowest BCUT2D eigenvalue weighted by molar-refractivity contribution is 0.620. The van der Waals surface area contributed by atoms with E-state index in [1.165, 1.54) is 49.7 Å². The normalized spacial score (nSPS) is 13.4. The molecular weight excluding hydrogens is 536 g/mol. The average molecular weight is 565 g/mol. The van der Waals surface area contributed by atoms with E-state index < -0.39 is 0 Å². The van der Waals surface area contributed by atoms with Crippen molar-refractivity contribution in [2.45, 2.75) is 19.3 Å². The zero-order valence-electron chi connectivity index (χ0n) is 24.5. The van der Waals surface area contributed by atoms with E-state index in [-0.39, 0.29) is 5.41 Å². The molecule has 0 spiro atoms. The summed E-state index contributed by atoms with van der Waals surface area (Å²) in [6.45, 7) is 4.68. The molecule has 208 valence electrons. The maximum absolute atomic E-state index is 6.20. The van der Waals surface area contributed by atoms with E-state index in [1.807, 2.05) is 30.5 Å². The lowest BCUT2D eigenvalue weighted by Gasteiger charge is -2.22. The SMILES string of the molecule is CC1(C)c2ccccc2-c2ccc(-c3ccc(-c4ccc5oc(-c6ccc7ncccc7c6)nc5c4)c4ccccc34)cc21. The Morgan fingerprint density at radius 3 is 2.05 bits per heavy atom. The lowest BCUT2D eigenvalue weighted by atomic mass is 9.81. The molecule has 0 saturated heterocycles. The molecule has 1 aliphatic rings. The van der Waals surface area contributed by atoms with Crippen LogP contribution in [-0.4, -0.2) is 9.97 Å². The summed E-state index contributed by atoms with van der Waals surface area (Å²) in [5.74, 6) is 0.616. The van der Waals surface area contributed by atoms with E-state index in [0.717, 1.165) is 33.1 Å². The number of benzene rings is 6. The third-order valence-electron chi connectivity index (χ3n) is 9.37. The maximum Gasteiger partial charge on any atom is 0.227 e. The monoisotopic (exact) mass is 564 g/mol. The van der Waals surface area contributed by atoms with E-state index in [9.17, 15) is 0 Å². The van der Waals surface area contributed by atoms with Crippen LogP contribution in [0.15, 0.2) is 138 Å². The molecule has 0 radical (unpaired) electrons.